The van der Waals surface area contributed by atoms with Gasteiger partial charge in [-0.3, -0.25) is 0 Å². The first-order valence-electron chi connectivity index (χ1n) is 6.06. The molecule has 0 amide bonds. The van der Waals surface area contributed by atoms with Crippen molar-refractivity contribution in [2.24, 2.45) is 0 Å². The first-order chi connectivity index (χ1) is 8.15. The van der Waals surface area contributed by atoms with Crippen LogP contribution in [0, 0.1) is 0 Å². The normalized spacial score (nSPS) is 19.0. The summed E-state index contributed by atoms with van der Waals surface area (Å²) < 4.78 is 10.8. The Balaban J connectivity index is 2.35. The van der Waals surface area contributed by atoms with Crippen molar-refractivity contribution in [3.8, 4) is 11.5 Å². The highest BCUT2D eigenvalue weighted by molar-refractivity contribution is 5.48. The monoisotopic (exact) mass is 235 g/mol. The summed E-state index contributed by atoms with van der Waals surface area (Å²) in [4.78, 5) is 2.30. The van der Waals surface area contributed by atoms with Gasteiger partial charge in [0.15, 0.2) is 0 Å². The second-order valence-corrected chi connectivity index (χ2v) is 4.83. The van der Waals surface area contributed by atoms with E-state index in [-0.39, 0.29) is 0 Å². The molecule has 0 saturated heterocycles. The SMILES string of the molecule is COc1cc2c(c(OC)c1)CC[C@@H](N(C)C)C2. The molecule has 1 aromatic carbocycles. The van der Waals surface area contributed by atoms with Gasteiger partial charge in [0.05, 0.1) is 14.2 Å². The summed E-state index contributed by atoms with van der Waals surface area (Å²) in [6.07, 6.45) is 3.37. The predicted molar refractivity (Wildman–Crippen MR) is 69.0 cm³/mol. The number of hydrogen-bond acceptors (Lipinski definition) is 3. The lowest BCUT2D eigenvalue weighted by Crippen LogP contribution is -2.33. The molecule has 1 atom stereocenters. The number of likely N-dealkylation sites (N-methyl/N-ethyl adjacent to an activating group) is 1. The Hall–Kier alpha value is -1.22. The minimum atomic E-state index is 0.624. The largest absolute Gasteiger partial charge is 0.497 e. The molecule has 3 nitrogen and oxygen atoms in total. The van der Waals surface area contributed by atoms with Gasteiger partial charge in [0.25, 0.3) is 0 Å². The highest BCUT2D eigenvalue weighted by atomic mass is 16.5. The molecule has 0 unspecified atom stereocenters. The van der Waals surface area contributed by atoms with Crippen LogP contribution in [0.5, 0.6) is 11.5 Å². The molecule has 0 heterocycles. The molecular weight excluding hydrogens is 214 g/mol. The molecule has 0 fully saturated rings. The van der Waals surface area contributed by atoms with Crippen LogP contribution in [0.15, 0.2) is 12.1 Å². The number of hydrogen-bond donors (Lipinski definition) is 0. The van der Waals surface area contributed by atoms with Crippen LogP contribution in [0.4, 0.5) is 0 Å². The van der Waals surface area contributed by atoms with Gasteiger partial charge < -0.3 is 14.4 Å². The Morgan fingerprint density at radius 2 is 1.94 bits per heavy atom. The van der Waals surface area contributed by atoms with Crippen LogP contribution in [0.2, 0.25) is 0 Å². The zero-order valence-electron chi connectivity index (χ0n) is 11.1. The molecule has 1 aliphatic carbocycles. The van der Waals surface area contributed by atoms with Gasteiger partial charge in [-0.1, -0.05) is 0 Å². The third-order valence-corrected chi connectivity index (χ3v) is 3.64. The second-order valence-electron chi connectivity index (χ2n) is 4.83. The van der Waals surface area contributed by atoms with Gasteiger partial charge in [-0.05, 0) is 50.6 Å². The minimum absolute atomic E-state index is 0.624. The van der Waals surface area contributed by atoms with E-state index in [1.807, 2.05) is 6.07 Å². The number of fused-ring (bicyclic) bond motifs is 1. The molecule has 1 aromatic rings. The van der Waals surface area contributed by atoms with E-state index in [1.54, 1.807) is 14.2 Å². The standard InChI is InChI=1S/C14H21NO2/c1-15(2)11-5-6-13-10(7-11)8-12(16-3)9-14(13)17-4/h8-9,11H,5-7H2,1-4H3/t11-/m1/s1. The van der Waals surface area contributed by atoms with Crippen molar-refractivity contribution in [3.05, 3.63) is 23.3 Å². The minimum Gasteiger partial charge on any atom is -0.497 e. The third kappa shape index (κ3) is 2.39. The van der Waals surface area contributed by atoms with E-state index in [1.165, 1.54) is 17.5 Å². The Morgan fingerprint density at radius 1 is 1.18 bits per heavy atom. The average Bonchev–Trinajstić information content (AvgIpc) is 2.36. The van der Waals surface area contributed by atoms with Crippen LogP contribution in [0.1, 0.15) is 17.5 Å². The average molecular weight is 235 g/mol. The fourth-order valence-electron chi connectivity index (χ4n) is 2.55. The van der Waals surface area contributed by atoms with Crippen LogP contribution in [0.3, 0.4) is 0 Å². The summed E-state index contributed by atoms with van der Waals surface area (Å²) in [5, 5.41) is 0. The maximum atomic E-state index is 5.46. The van der Waals surface area contributed by atoms with Crippen LogP contribution < -0.4 is 9.47 Å². The molecule has 0 saturated carbocycles. The molecule has 0 spiro atoms. The van der Waals surface area contributed by atoms with E-state index in [0.29, 0.717) is 6.04 Å². The molecule has 0 aromatic heterocycles. The smallest absolute Gasteiger partial charge is 0.126 e. The maximum absolute atomic E-state index is 5.46. The first-order valence-corrected chi connectivity index (χ1v) is 6.06. The van der Waals surface area contributed by atoms with E-state index >= 15 is 0 Å². The van der Waals surface area contributed by atoms with Crippen molar-refractivity contribution >= 4 is 0 Å². The predicted octanol–water partition coefficient (Wildman–Crippen LogP) is 2.12. The van der Waals surface area contributed by atoms with Gasteiger partial charge >= 0.3 is 0 Å². The molecule has 0 bridgehead atoms. The molecule has 0 radical (unpaired) electrons. The lowest BCUT2D eigenvalue weighted by Gasteiger charge is -2.30. The van der Waals surface area contributed by atoms with Crippen molar-refractivity contribution in [2.75, 3.05) is 28.3 Å². The zero-order valence-corrected chi connectivity index (χ0v) is 11.1. The number of ether oxygens (including phenoxy) is 2. The van der Waals surface area contributed by atoms with E-state index in [2.05, 4.69) is 25.1 Å². The van der Waals surface area contributed by atoms with Crippen molar-refractivity contribution in [2.45, 2.75) is 25.3 Å². The van der Waals surface area contributed by atoms with Crippen molar-refractivity contribution in [1.82, 2.24) is 4.90 Å². The summed E-state index contributed by atoms with van der Waals surface area (Å²) in [6, 6.07) is 4.75. The highest BCUT2D eigenvalue weighted by Gasteiger charge is 2.23. The Bertz CT molecular complexity index is 401. The lowest BCUT2D eigenvalue weighted by atomic mass is 9.87. The van der Waals surface area contributed by atoms with Crippen molar-refractivity contribution < 1.29 is 9.47 Å². The summed E-state index contributed by atoms with van der Waals surface area (Å²) in [5.41, 5.74) is 2.72. The fourth-order valence-corrected chi connectivity index (χ4v) is 2.55. The molecule has 1 aliphatic rings. The van der Waals surface area contributed by atoms with Crippen molar-refractivity contribution in [1.29, 1.82) is 0 Å². The number of benzene rings is 1. The quantitative estimate of drug-likeness (QED) is 0.801. The summed E-state index contributed by atoms with van der Waals surface area (Å²) >= 11 is 0. The van der Waals surface area contributed by atoms with E-state index in [0.717, 1.165) is 24.3 Å². The molecular formula is C14H21NO2. The third-order valence-electron chi connectivity index (χ3n) is 3.64. The molecule has 94 valence electrons. The Morgan fingerprint density at radius 3 is 2.53 bits per heavy atom. The summed E-state index contributed by atoms with van der Waals surface area (Å²) in [5.74, 6) is 1.86. The zero-order chi connectivity index (χ0) is 12.4. The van der Waals surface area contributed by atoms with Gasteiger partial charge in [0.2, 0.25) is 0 Å². The molecule has 17 heavy (non-hydrogen) atoms. The number of rotatable bonds is 3. The van der Waals surface area contributed by atoms with Gasteiger partial charge in [-0.2, -0.15) is 0 Å². The van der Waals surface area contributed by atoms with Crippen LogP contribution in [-0.2, 0) is 12.8 Å². The summed E-state index contributed by atoms with van der Waals surface area (Å²) in [6.45, 7) is 0. The van der Waals surface area contributed by atoms with Gasteiger partial charge in [0, 0.05) is 12.1 Å². The summed E-state index contributed by atoms with van der Waals surface area (Å²) in [7, 11) is 7.72. The van der Waals surface area contributed by atoms with Gasteiger partial charge in [-0.15, -0.1) is 0 Å². The van der Waals surface area contributed by atoms with Gasteiger partial charge in [-0.25, -0.2) is 0 Å². The van der Waals surface area contributed by atoms with Crippen LogP contribution in [0.25, 0.3) is 0 Å². The van der Waals surface area contributed by atoms with E-state index in [4.69, 9.17) is 9.47 Å². The molecule has 0 N–H and O–H groups in total. The number of methoxy groups -OCH3 is 2. The van der Waals surface area contributed by atoms with Crippen LogP contribution >= 0.6 is 0 Å². The fraction of sp³-hybridized carbons (Fsp3) is 0.571. The van der Waals surface area contributed by atoms with E-state index in [9.17, 15) is 0 Å². The van der Waals surface area contributed by atoms with Gasteiger partial charge in [0.1, 0.15) is 11.5 Å². The van der Waals surface area contributed by atoms with Crippen LogP contribution in [-0.4, -0.2) is 39.3 Å². The number of nitrogens with zero attached hydrogens (tertiary/aromatic N) is 1. The molecule has 2 rings (SSSR count). The highest BCUT2D eigenvalue weighted by Crippen LogP contribution is 2.34. The Labute approximate surface area is 103 Å². The van der Waals surface area contributed by atoms with Crippen molar-refractivity contribution in [3.63, 3.8) is 0 Å². The maximum Gasteiger partial charge on any atom is 0.126 e. The second kappa shape index (κ2) is 4.96. The molecule has 3 heteroatoms. The first kappa shape index (κ1) is 12.2. The molecule has 0 aliphatic heterocycles. The van der Waals surface area contributed by atoms with E-state index < -0.39 is 0 Å². The lowest BCUT2D eigenvalue weighted by molar-refractivity contribution is 0.265. The Kier molecular flexibility index (Phi) is 3.57. The topological polar surface area (TPSA) is 21.7 Å².